The van der Waals surface area contributed by atoms with Crippen LogP contribution in [0.2, 0.25) is 0 Å². The summed E-state index contributed by atoms with van der Waals surface area (Å²) in [5.41, 5.74) is 0.166. The smallest absolute Gasteiger partial charge is 0.353 e. The maximum Gasteiger partial charge on any atom is 0.353 e. The van der Waals surface area contributed by atoms with E-state index in [0.717, 1.165) is 6.92 Å². The van der Waals surface area contributed by atoms with E-state index in [-0.39, 0.29) is 34.9 Å². The van der Waals surface area contributed by atoms with E-state index >= 15 is 0 Å². The van der Waals surface area contributed by atoms with E-state index in [9.17, 15) is 29.1 Å². The number of aliphatic hydroxyl groups is 1. The SMILES string of the molecule is CC(=O)C1=C(O)C(=C(C)Nc2cc(NC(=O)C(C)C)cc(NC(=O)C(C)C)c2)C(=O)OC1=O. The van der Waals surface area contributed by atoms with Crippen LogP contribution in [0.3, 0.4) is 0 Å². The van der Waals surface area contributed by atoms with Gasteiger partial charge in [-0.25, -0.2) is 9.59 Å². The van der Waals surface area contributed by atoms with Crippen molar-refractivity contribution in [2.24, 2.45) is 11.8 Å². The van der Waals surface area contributed by atoms with Crippen LogP contribution in [0.4, 0.5) is 17.1 Å². The average molecular weight is 457 g/mol. The monoisotopic (exact) mass is 457 g/mol. The van der Waals surface area contributed by atoms with Gasteiger partial charge in [0.2, 0.25) is 11.8 Å². The van der Waals surface area contributed by atoms with Crippen LogP contribution in [0.15, 0.2) is 40.8 Å². The van der Waals surface area contributed by atoms with Gasteiger partial charge in [-0.1, -0.05) is 27.7 Å². The molecule has 0 saturated heterocycles. The molecule has 10 heteroatoms. The standard InChI is InChI=1S/C23H27N3O7/c1-10(2)20(29)25-15-7-14(8-16(9-15)26-21(30)11(3)4)24-12(5)17-19(28)18(13(6)27)23(32)33-22(17)31/h7-11,24,28H,1-6H3,(H,25,29)(H,26,30). The number of nitrogens with one attached hydrogen (secondary N) is 3. The Balaban J connectivity index is 2.52. The van der Waals surface area contributed by atoms with Crippen LogP contribution in [0.5, 0.6) is 0 Å². The highest BCUT2D eigenvalue weighted by Gasteiger charge is 2.36. The molecule has 0 spiro atoms. The summed E-state index contributed by atoms with van der Waals surface area (Å²) in [6, 6.07) is 4.69. The predicted octanol–water partition coefficient (Wildman–Crippen LogP) is 3.05. The lowest BCUT2D eigenvalue weighted by Gasteiger charge is -2.19. The molecule has 0 unspecified atom stereocenters. The van der Waals surface area contributed by atoms with Crippen molar-refractivity contribution in [2.75, 3.05) is 16.0 Å². The van der Waals surface area contributed by atoms with Crippen LogP contribution >= 0.6 is 0 Å². The Hall–Kier alpha value is -3.95. The van der Waals surface area contributed by atoms with Gasteiger partial charge in [-0.15, -0.1) is 0 Å². The zero-order valence-electron chi connectivity index (χ0n) is 19.3. The first-order chi connectivity index (χ1) is 15.3. The molecule has 1 aliphatic rings. The number of ether oxygens (including phenoxy) is 1. The van der Waals surface area contributed by atoms with Crippen LogP contribution < -0.4 is 16.0 Å². The lowest BCUT2D eigenvalue weighted by Crippen LogP contribution is -2.29. The van der Waals surface area contributed by atoms with Crippen molar-refractivity contribution in [1.82, 2.24) is 0 Å². The number of allylic oxidation sites excluding steroid dienone is 1. The van der Waals surface area contributed by atoms with Crippen molar-refractivity contribution in [2.45, 2.75) is 41.5 Å². The zero-order valence-corrected chi connectivity index (χ0v) is 19.3. The zero-order chi connectivity index (χ0) is 25.0. The van der Waals surface area contributed by atoms with E-state index in [2.05, 4.69) is 20.7 Å². The Morgan fingerprint density at radius 2 is 1.21 bits per heavy atom. The number of ketones is 1. The Labute approximate surface area is 191 Å². The fourth-order valence-corrected chi connectivity index (χ4v) is 2.84. The van der Waals surface area contributed by atoms with E-state index < -0.39 is 29.1 Å². The number of anilines is 3. The number of hydrogen-bond donors (Lipinski definition) is 4. The van der Waals surface area contributed by atoms with E-state index in [4.69, 9.17) is 0 Å². The summed E-state index contributed by atoms with van der Waals surface area (Å²) >= 11 is 0. The van der Waals surface area contributed by atoms with E-state index in [1.165, 1.54) is 6.92 Å². The van der Waals surface area contributed by atoms with Gasteiger partial charge in [-0.2, -0.15) is 0 Å². The van der Waals surface area contributed by atoms with Crippen LogP contribution in [0.25, 0.3) is 0 Å². The normalized spacial score (nSPS) is 15.4. The van der Waals surface area contributed by atoms with E-state index in [1.807, 2.05) is 0 Å². The van der Waals surface area contributed by atoms with Crippen molar-refractivity contribution < 1.29 is 33.8 Å². The minimum Gasteiger partial charge on any atom is -0.506 e. The molecule has 10 nitrogen and oxygen atoms in total. The first kappa shape index (κ1) is 25.3. The summed E-state index contributed by atoms with van der Waals surface area (Å²) in [7, 11) is 0. The Morgan fingerprint density at radius 1 is 0.788 bits per heavy atom. The van der Waals surface area contributed by atoms with Gasteiger partial charge in [-0.3, -0.25) is 14.4 Å². The number of amides is 2. The number of hydrogen-bond acceptors (Lipinski definition) is 8. The van der Waals surface area contributed by atoms with Crippen LogP contribution in [0, 0.1) is 11.8 Å². The first-order valence-corrected chi connectivity index (χ1v) is 10.3. The fraction of sp³-hybridized carbons (Fsp3) is 0.348. The number of Topliss-reactive ketones (excluding diaryl/α,β-unsaturated/α-hetero) is 1. The topological polar surface area (TPSA) is 151 Å². The van der Waals surface area contributed by atoms with Crippen molar-refractivity contribution in [3.63, 3.8) is 0 Å². The molecule has 1 aromatic carbocycles. The number of benzene rings is 1. The summed E-state index contributed by atoms with van der Waals surface area (Å²) in [6.45, 7) is 9.41. The molecule has 1 aliphatic heterocycles. The second-order valence-electron chi connectivity index (χ2n) is 8.17. The molecule has 0 aliphatic carbocycles. The first-order valence-electron chi connectivity index (χ1n) is 10.3. The Kier molecular flexibility index (Phi) is 7.76. The number of aliphatic hydroxyl groups excluding tert-OH is 1. The second-order valence-corrected chi connectivity index (χ2v) is 8.17. The predicted molar refractivity (Wildman–Crippen MR) is 121 cm³/mol. The Morgan fingerprint density at radius 3 is 1.61 bits per heavy atom. The average Bonchev–Trinajstić information content (AvgIpc) is 2.66. The third kappa shape index (κ3) is 6.06. The molecule has 1 aromatic rings. The van der Waals surface area contributed by atoms with Crippen molar-refractivity contribution >= 4 is 46.6 Å². The number of esters is 2. The third-order valence-electron chi connectivity index (χ3n) is 4.64. The second kappa shape index (κ2) is 10.1. The largest absolute Gasteiger partial charge is 0.506 e. The number of carbonyl (C=O) groups is 5. The summed E-state index contributed by atoms with van der Waals surface area (Å²) in [5.74, 6) is -4.96. The van der Waals surface area contributed by atoms with E-state index in [0.29, 0.717) is 17.1 Å². The Bertz CT molecular complexity index is 1060. The van der Waals surface area contributed by atoms with Gasteiger partial charge in [0.25, 0.3) is 0 Å². The molecule has 0 bridgehead atoms. The van der Waals surface area contributed by atoms with Crippen molar-refractivity contribution in [1.29, 1.82) is 0 Å². The highest BCUT2D eigenvalue weighted by Crippen LogP contribution is 2.29. The molecular weight excluding hydrogens is 430 g/mol. The van der Waals surface area contributed by atoms with Gasteiger partial charge in [0.15, 0.2) is 5.78 Å². The molecule has 176 valence electrons. The fourth-order valence-electron chi connectivity index (χ4n) is 2.84. The van der Waals surface area contributed by atoms with Gasteiger partial charge >= 0.3 is 11.9 Å². The molecule has 2 amide bonds. The molecule has 0 fully saturated rings. The molecule has 33 heavy (non-hydrogen) atoms. The molecule has 1 heterocycles. The maximum atomic E-state index is 12.2. The maximum absolute atomic E-state index is 12.2. The van der Waals surface area contributed by atoms with Crippen LogP contribution in [0.1, 0.15) is 41.5 Å². The molecule has 4 N–H and O–H groups in total. The minimum atomic E-state index is -1.22. The van der Waals surface area contributed by atoms with Gasteiger partial charge in [0.05, 0.1) is 0 Å². The van der Waals surface area contributed by atoms with Gasteiger partial charge in [0, 0.05) is 34.6 Å². The molecule has 0 atom stereocenters. The number of carbonyl (C=O) groups excluding carboxylic acids is 5. The van der Waals surface area contributed by atoms with Crippen LogP contribution in [-0.4, -0.2) is 34.6 Å². The van der Waals surface area contributed by atoms with Crippen molar-refractivity contribution in [3.05, 3.63) is 40.8 Å². The molecule has 0 aromatic heterocycles. The quantitative estimate of drug-likeness (QED) is 0.211. The molecular formula is C23H27N3O7. The lowest BCUT2D eigenvalue weighted by molar-refractivity contribution is -0.155. The van der Waals surface area contributed by atoms with Gasteiger partial charge in [-0.05, 0) is 32.0 Å². The minimum absolute atomic E-state index is 0.0808. The van der Waals surface area contributed by atoms with Gasteiger partial charge in [0.1, 0.15) is 16.9 Å². The van der Waals surface area contributed by atoms with Crippen molar-refractivity contribution in [3.8, 4) is 0 Å². The highest BCUT2D eigenvalue weighted by molar-refractivity contribution is 6.23. The van der Waals surface area contributed by atoms with Gasteiger partial charge < -0.3 is 25.8 Å². The molecule has 2 rings (SSSR count). The molecule has 0 saturated carbocycles. The summed E-state index contributed by atoms with van der Waals surface area (Å²) < 4.78 is 4.58. The number of rotatable bonds is 7. The van der Waals surface area contributed by atoms with Crippen LogP contribution in [-0.2, 0) is 28.7 Å². The summed E-state index contributed by atoms with van der Waals surface area (Å²) in [6.07, 6.45) is 0. The third-order valence-corrected chi connectivity index (χ3v) is 4.64. The lowest BCUT2D eigenvalue weighted by atomic mass is 10.0. The number of cyclic esters (lactones) is 2. The molecule has 0 radical (unpaired) electrons. The summed E-state index contributed by atoms with van der Waals surface area (Å²) in [5, 5.41) is 18.7. The summed E-state index contributed by atoms with van der Waals surface area (Å²) in [4.78, 5) is 60.0. The van der Waals surface area contributed by atoms with E-state index in [1.54, 1.807) is 45.9 Å². The highest BCUT2D eigenvalue weighted by atomic mass is 16.6.